The minimum atomic E-state index is -1.04. The summed E-state index contributed by atoms with van der Waals surface area (Å²) in [7, 11) is 0. The van der Waals surface area contributed by atoms with Crippen molar-refractivity contribution in [2.75, 3.05) is 17.2 Å². The zero-order chi connectivity index (χ0) is 20.5. The molecule has 8 nitrogen and oxygen atoms in total. The number of nitriles is 1. The Bertz CT molecular complexity index is 903. The molecule has 1 atom stereocenters. The summed E-state index contributed by atoms with van der Waals surface area (Å²) in [6, 6.07) is 14.9. The first-order valence-electron chi connectivity index (χ1n) is 8.39. The predicted octanol–water partition coefficient (Wildman–Crippen LogP) is 2.47. The molecule has 0 aromatic heterocycles. The highest BCUT2D eigenvalue weighted by atomic mass is 16.6. The quantitative estimate of drug-likeness (QED) is 0.712. The van der Waals surface area contributed by atoms with Crippen LogP contribution in [-0.4, -0.2) is 30.5 Å². The Morgan fingerprint density at radius 3 is 2.25 bits per heavy atom. The Kier molecular flexibility index (Phi) is 7.11. The third-order valence-corrected chi connectivity index (χ3v) is 3.50. The maximum absolute atomic E-state index is 12.1. The van der Waals surface area contributed by atoms with E-state index in [0.717, 1.165) is 0 Å². The summed E-state index contributed by atoms with van der Waals surface area (Å²) >= 11 is 0. The molecule has 2 rings (SSSR count). The van der Waals surface area contributed by atoms with Gasteiger partial charge in [0.2, 0.25) is 5.91 Å². The van der Waals surface area contributed by atoms with Crippen LogP contribution in [0, 0.1) is 11.3 Å². The Morgan fingerprint density at radius 1 is 1.04 bits per heavy atom. The van der Waals surface area contributed by atoms with E-state index in [0.29, 0.717) is 16.9 Å². The number of nitrogens with one attached hydrogen (secondary N) is 2. The molecule has 0 aliphatic carbocycles. The van der Waals surface area contributed by atoms with Crippen molar-refractivity contribution in [3.8, 4) is 11.8 Å². The van der Waals surface area contributed by atoms with Crippen LogP contribution in [-0.2, 0) is 19.1 Å². The van der Waals surface area contributed by atoms with Crippen LogP contribution in [0.3, 0.4) is 0 Å². The standard InChI is InChI=1S/C20H19N3O5/c1-13(20(26)23-17-9-7-16(8-10-17)22-14(2)24)28-19(25)12-27-18-6-4-3-5-15(18)11-21/h3-10,13H,12H2,1-2H3,(H,22,24)(H,23,26)/t13-/m1/s1. The number of benzene rings is 2. The van der Waals surface area contributed by atoms with Crippen LogP contribution in [0.1, 0.15) is 19.4 Å². The molecule has 0 spiro atoms. The van der Waals surface area contributed by atoms with E-state index in [1.165, 1.54) is 13.8 Å². The van der Waals surface area contributed by atoms with Gasteiger partial charge in [-0.3, -0.25) is 9.59 Å². The van der Waals surface area contributed by atoms with Crippen molar-refractivity contribution in [3.05, 3.63) is 54.1 Å². The molecule has 2 amide bonds. The molecule has 0 saturated carbocycles. The van der Waals surface area contributed by atoms with E-state index >= 15 is 0 Å². The third kappa shape index (κ3) is 6.14. The van der Waals surface area contributed by atoms with Gasteiger partial charge in [-0.1, -0.05) is 12.1 Å². The zero-order valence-corrected chi connectivity index (χ0v) is 15.4. The molecule has 0 aliphatic rings. The number of hydrogen-bond donors (Lipinski definition) is 2. The Labute approximate surface area is 162 Å². The van der Waals surface area contributed by atoms with Crippen LogP contribution in [0.15, 0.2) is 48.5 Å². The number of hydrogen-bond acceptors (Lipinski definition) is 6. The highest BCUT2D eigenvalue weighted by Crippen LogP contribution is 2.17. The molecule has 0 bridgehead atoms. The van der Waals surface area contributed by atoms with Gasteiger partial charge in [0.05, 0.1) is 5.56 Å². The molecule has 0 unspecified atom stereocenters. The number of anilines is 2. The maximum atomic E-state index is 12.1. The van der Waals surface area contributed by atoms with Crippen LogP contribution < -0.4 is 15.4 Å². The van der Waals surface area contributed by atoms with Crippen molar-refractivity contribution in [3.63, 3.8) is 0 Å². The molecular weight excluding hydrogens is 362 g/mol. The topological polar surface area (TPSA) is 118 Å². The van der Waals surface area contributed by atoms with Gasteiger partial charge in [0.1, 0.15) is 11.8 Å². The number of carbonyl (C=O) groups excluding carboxylic acids is 3. The molecular formula is C20H19N3O5. The third-order valence-electron chi connectivity index (χ3n) is 3.50. The summed E-state index contributed by atoms with van der Waals surface area (Å²) in [4.78, 5) is 35.0. The molecule has 0 heterocycles. The fraction of sp³-hybridized carbons (Fsp3) is 0.200. The molecule has 0 aliphatic heterocycles. The van der Waals surface area contributed by atoms with Crippen LogP contribution >= 0.6 is 0 Å². The second-order valence-corrected chi connectivity index (χ2v) is 5.78. The number of ether oxygens (including phenoxy) is 2. The molecule has 144 valence electrons. The molecule has 0 radical (unpaired) electrons. The Hall–Kier alpha value is -3.86. The number of amides is 2. The molecule has 2 aromatic rings. The van der Waals surface area contributed by atoms with Crippen molar-refractivity contribution >= 4 is 29.2 Å². The predicted molar refractivity (Wildman–Crippen MR) is 102 cm³/mol. The first-order chi connectivity index (χ1) is 13.4. The van der Waals surface area contributed by atoms with Crippen LogP contribution in [0.4, 0.5) is 11.4 Å². The molecule has 0 saturated heterocycles. The normalized spacial score (nSPS) is 10.9. The van der Waals surface area contributed by atoms with Crippen molar-refractivity contribution < 1.29 is 23.9 Å². The fourth-order valence-corrected chi connectivity index (χ4v) is 2.19. The summed E-state index contributed by atoms with van der Waals surface area (Å²) in [5.41, 5.74) is 1.38. The van der Waals surface area contributed by atoms with E-state index < -0.39 is 24.6 Å². The second kappa shape index (κ2) is 9.73. The summed E-state index contributed by atoms with van der Waals surface area (Å²) in [6.45, 7) is 2.40. The van der Waals surface area contributed by atoms with Gasteiger partial charge in [-0.05, 0) is 43.3 Å². The lowest BCUT2D eigenvalue weighted by molar-refractivity contribution is -0.155. The largest absolute Gasteiger partial charge is 0.481 e. The van der Waals surface area contributed by atoms with Gasteiger partial charge in [-0.15, -0.1) is 0 Å². The first kappa shape index (κ1) is 20.5. The lowest BCUT2D eigenvalue weighted by atomic mass is 10.2. The minimum Gasteiger partial charge on any atom is -0.481 e. The number of carbonyl (C=O) groups is 3. The van der Waals surface area contributed by atoms with Crippen LogP contribution in [0.2, 0.25) is 0 Å². The van der Waals surface area contributed by atoms with E-state index in [-0.39, 0.29) is 11.7 Å². The Balaban J connectivity index is 1.83. The van der Waals surface area contributed by atoms with E-state index in [9.17, 15) is 14.4 Å². The average molecular weight is 381 g/mol. The van der Waals surface area contributed by atoms with E-state index in [1.54, 1.807) is 48.5 Å². The molecule has 28 heavy (non-hydrogen) atoms. The van der Waals surface area contributed by atoms with Gasteiger partial charge in [-0.25, -0.2) is 4.79 Å². The Morgan fingerprint density at radius 2 is 1.64 bits per heavy atom. The lowest BCUT2D eigenvalue weighted by Crippen LogP contribution is -2.31. The molecule has 8 heteroatoms. The first-order valence-corrected chi connectivity index (χ1v) is 8.39. The summed E-state index contributed by atoms with van der Waals surface area (Å²) in [5, 5.41) is 14.2. The molecule has 2 aromatic carbocycles. The van der Waals surface area contributed by atoms with Gasteiger partial charge in [0.15, 0.2) is 12.7 Å². The highest BCUT2D eigenvalue weighted by Gasteiger charge is 2.18. The number of para-hydroxylation sites is 1. The van der Waals surface area contributed by atoms with Gasteiger partial charge in [-0.2, -0.15) is 5.26 Å². The van der Waals surface area contributed by atoms with E-state index in [2.05, 4.69) is 10.6 Å². The average Bonchev–Trinajstić information content (AvgIpc) is 2.67. The van der Waals surface area contributed by atoms with Gasteiger partial charge >= 0.3 is 5.97 Å². The number of esters is 1. The van der Waals surface area contributed by atoms with Crippen molar-refractivity contribution in [1.29, 1.82) is 5.26 Å². The van der Waals surface area contributed by atoms with Crippen molar-refractivity contribution in [2.45, 2.75) is 20.0 Å². The monoisotopic (exact) mass is 381 g/mol. The van der Waals surface area contributed by atoms with Crippen molar-refractivity contribution in [2.24, 2.45) is 0 Å². The molecule has 0 fully saturated rings. The number of rotatable bonds is 7. The second-order valence-electron chi connectivity index (χ2n) is 5.78. The maximum Gasteiger partial charge on any atom is 0.344 e. The minimum absolute atomic E-state index is 0.197. The van der Waals surface area contributed by atoms with Gasteiger partial charge in [0, 0.05) is 18.3 Å². The molecule has 2 N–H and O–H groups in total. The van der Waals surface area contributed by atoms with E-state index in [1.807, 2.05) is 6.07 Å². The van der Waals surface area contributed by atoms with Gasteiger partial charge < -0.3 is 20.1 Å². The summed E-state index contributed by atoms with van der Waals surface area (Å²) < 4.78 is 10.3. The van der Waals surface area contributed by atoms with Crippen LogP contribution in [0.25, 0.3) is 0 Å². The fourth-order valence-electron chi connectivity index (χ4n) is 2.19. The van der Waals surface area contributed by atoms with Crippen LogP contribution in [0.5, 0.6) is 5.75 Å². The lowest BCUT2D eigenvalue weighted by Gasteiger charge is -2.14. The summed E-state index contributed by atoms with van der Waals surface area (Å²) in [6.07, 6.45) is -1.04. The van der Waals surface area contributed by atoms with Gasteiger partial charge in [0.25, 0.3) is 5.91 Å². The summed E-state index contributed by atoms with van der Waals surface area (Å²) in [5.74, 6) is -1.19. The highest BCUT2D eigenvalue weighted by molar-refractivity contribution is 5.95. The van der Waals surface area contributed by atoms with Crippen molar-refractivity contribution in [1.82, 2.24) is 0 Å². The zero-order valence-electron chi connectivity index (χ0n) is 15.4. The number of nitrogens with zero attached hydrogens (tertiary/aromatic N) is 1. The van der Waals surface area contributed by atoms with E-state index in [4.69, 9.17) is 14.7 Å². The SMILES string of the molecule is CC(=O)Nc1ccc(NC(=O)[C@@H](C)OC(=O)COc2ccccc2C#N)cc1. The smallest absolute Gasteiger partial charge is 0.344 e.